The molecule has 0 radical (unpaired) electrons. The molecule has 3 heterocycles. The van der Waals surface area contributed by atoms with Gasteiger partial charge in [0.15, 0.2) is 0 Å². The molecule has 1 amide bonds. The van der Waals surface area contributed by atoms with Gasteiger partial charge in [-0.3, -0.25) is 19.5 Å². The van der Waals surface area contributed by atoms with Crippen LogP contribution < -0.4 is 10.5 Å². The van der Waals surface area contributed by atoms with E-state index in [1.54, 1.807) is 11.8 Å². The fourth-order valence-corrected chi connectivity index (χ4v) is 3.55. The first-order valence-electron chi connectivity index (χ1n) is 9.52. The third-order valence-corrected chi connectivity index (χ3v) is 5.16. The Kier molecular flexibility index (Phi) is 5.83. The van der Waals surface area contributed by atoms with Crippen LogP contribution >= 0.6 is 0 Å². The number of likely N-dealkylation sites (N-methyl/N-ethyl adjacent to an activating group) is 1. The molecule has 2 aromatic heterocycles. The number of likely N-dealkylation sites (tertiary alicyclic amines) is 1. The van der Waals surface area contributed by atoms with Gasteiger partial charge in [-0.1, -0.05) is 12.1 Å². The molecule has 152 valence electrons. The Bertz CT molecular complexity index is 903. The van der Waals surface area contributed by atoms with Crippen LogP contribution in [0.15, 0.2) is 15.4 Å². The van der Waals surface area contributed by atoms with Crippen LogP contribution in [0.4, 0.5) is 5.95 Å². The van der Waals surface area contributed by atoms with Gasteiger partial charge in [-0.15, -0.1) is 0 Å². The normalized spacial score (nSPS) is 16.8. The zero-order chi connectivity index (χ0) is 20.4. The van der Waals surface area contributed by atoms with E-state index in [0.29, 0.717) is 54.7 Å². The average Bonchev–Trinajstić information content (AvgIpc) is 3.27. The average molecular weight is 388 g/mol. The van der Waals surface area contributed by atoms with Crippen LogP contribution in [-0.2, 0) is 13.0 Å². The van der Waals surface area contributed by atoms with Crippen molar-refractivity contribution in [3.63, 3.8) is 0 Å². The maximum Gasteiger partial charge on any atom is 0.259 e. The lowest BCUT2D eigenvalue weighted by atomic mass is 10.1. The van der Waals surface area contributed by atoms with Crippen LogP contribution in [-0.4, -0.2) is 71.1 Å². The van der Waals surface area contributed by atoms with E-state index in [-0.39, 0.29) is 17.5 Å². The van der Waals surface area contributed by atoms with Crippen LogP contribution in [0.3, 0.4) is 0 Å². The number of carbonyl (C=O) groups is 1. The Labute approximate surface area is 164 Å². The summed E-state index contributed by atoms with van der Waals surface area (Å²) in [7, 11) is 5.67. The van der Waals surface area contributed by atoms with Crippen molar-refractivity contribution < 1.29 is 9.32 Å². The molecule has 0 bridgehead atoms. The molecule has 0 unspecified atom stereocenters. The number of rotatable bonds is 6. The Balaban J connectivity index is 1.67. The lowest BCUT2D eigenvalue weighted by molar-refractivity contribution is 0.0776. The Morgan fingerprint density at radius 3 is 2.82 bits per heavy atom. The van der Waals surface area contributed by atoms with Crippen molar-refractivity contribution in [3.8, 4) is 0 Å². The molecule has 0 aliphatic carbocycles. The number of hydrogen-bond donors (Lipinski definition) is 1. The van der Waals surface area contributed by atoms with E-state index in [2.05, 4.69) is 20.0 Å². The number of carbonyl (C=O) groups excluding carboxylic acids is 1. The summed E-state index contributed by atoms with van der Waals surface area (Å²) in [5.41, 5.74) is 1.78. The third kappa shape index (κ3) is 4.09. The van der Waals surface area contributed by atoms with Crippen molar-refractivity contribution in [3.05, 3.63) is 39.1 Å². The first-order valence-corrected chi connectivity index (χ1v) is 9.52. The van der Waals surface area contributed by atoms with E-state index in [1.165, 1.54) is 6.07 Å². The largest absolute Gasteiger partial charge is 0.360 e. The Morgan fingerprint density at radius 2 is 2.14 bits per heavy atom. The molecule has 1 atom stereocenters. The molecule has 2 aromatic rings. The van der Waals surface area contributed by atoms with Gasteiger partial charge >= 0.3 is 0 Å². The monoisotopic (exact) mass is 388 g/mol. The van der Waals surface area contributed by atoms with E-state index in [1.807, 2.05) is 33.0 Å². The quantitative estimate of drug-likeness (QED) is 0.789. The lowest BCUT2D eigenvalue weighted by Crippen LogP contribution is -2.37. The van der Waals surface area contributed by atoms with Gasteiger partial charge in [-0.05, 0) is 20.4 Å². The van der Waals surface area contributed by atoms with Gasteiger partial charge < -0.3 is 14.3 Å². The summed E-state index contributed by atoms with van der Waals surface area (Å²) < 4.78 is 5.27. The number of H-pyrrole nitrogens is 1. The van der Waals surface area contributed by atoms with Gasteiger partial charge in [-0.2, -0.15) is 0 Å². The maximum atomic E-state index is 12.9. The van der Waals surface area contributed by atoms with Crippen molar-refractivity contribution in [1.82, 2.24) is 24.9 Å². The van der Waals surface area contributed by atoms with Gasteiger partial charge in [0.25, 0.3) is 11.5 Å². The van der Waals surface area contributed by atoms with Gasteiger partial charge in [0.1, 0.15) is 11.3 Å². The molecule has 9 heteroatoms. The van der Waals surface area contributed by atoms with Crippen molar-refractivity contribution in [2.24, 2.45) is 0 Å². The molecule has 1 N–H and O–H groups in total. The number of nitrogens with one attached hydrogen (secondary N) is 1. The minimum absolute atomic E-state index is 0.0179. The highest BCUT2D eigenvalue weighted by Crippen LogP contribution is 2.22. The summed E-state index contributed by atoms with van der Waals surface area (Å²) in [6.45, 7) is 5.62. The van der Waals surface area contributed by atoms with Crippen molar-refractivity contribution in [1.29, 1.82) is 0 Å². The predicted octanol–water partition coefficient (Wildman–Crippen LogP) is 1.04. The Morgan fingerprint density at radius 1 is 1.39 bits per heavy atom. The molecular formula is C19H28N6O3. The highest BCUT2D eigenvalue weighted by atomic mass is 16.5. The van der Waals surface area contributed by atoms with Gasteiger partial charge in [0, 0.05) is 52.3 Å². The summed E-state index contributed by atoms with van der Waals surface area (Å²) in [5.74, 6) is 1.16. The van der Waals surface area contributed by atoms with Crippen molar-refractivity contribution >= 4 is 11.9 Å². The fourth-order valence-electron chi connectivity index (χ4n) is 3.55. The minimum Gasteiger partial charge on any atom is -0.360 e. The van der Waals surface area contributed by atoms with Crippen LogP contribution in [0.1, 0.15) is 40.9 Å². The smallest absolute Gasteiger partial charge is 0.259 e. The van der Waals surface area contributed by atoms with Crippen LogP contribution in [0.25, 0.3) is 0 Å². The minimum atomic E-state index is -0.166. The predicted molar refractivity (Wildman–Crippen MR) is 106 cm³/mol. The maximum absolute atomic E-state index is 12.9. The molecule has 1 aliphatic heterocycles. The van der Waals surface area contributed by atoms with Gasteiger partial charge in [-0.25, -0.2) is 4.98 Å². The second-order valence-electron chi connectivity index (χ2n) is 7.48. The number of nitrogens with zero attached hydrogens (tertiary/aromatic N) is 5. The van der Waals surface area contributed by atoms with Crippen LogP contribution in [0.5, 0.6) is 0 Å². The second-order valence-corrected chi connectivity index (χ2v) is 7.48. The molecule has 0 saturated carbocycles. The molecule has 1 saturated heterocycles. The first kappa shape index (κ1) is 20.1. The number of anilines is 1. The van der Waals surface area contributed by atoms with Crippen LogP contribution in [0.2, 0.25) is 0 Å². The zero-order valence-corrected chi connectivity index (χ0v) is 17.2. The van der Waals surface area contributed by atoms with E-state index in [0.717, 1.165) is 6.42 Å². The first-order chi connectivity index (χ1) is 13.3. The molecular weight excluding hydrogens is 360 g/mol. The summed E-state index contributed by atoms with van der Waals surface area (Å²) in [6.07, 6.45) is 1.51. The molecule has 0 aromatic carbocycles. The lowest BCUT2D eigenvalue weighted by Gasteiger charge is -2.24. The standard InChI is InChI=1S/C19H28N6O3/c1-6-15-17(12(2)22-28-15)18(27)25-8-7-14(11-25)24(5)10-13-9-16(26)21-19(20-13)23(3)4/h9,14H,6-8,10-11H2,1-5H3,(H,20,21,26)/t14-/m0/s1. The highest BCUT2D eigenvalue weighted by Gasteiger charge is 2.32. The number of hydrogen-bond acceptors (Lipinski definition) is 7. The topological polar surface area (TPSA) is 98.6 Å². The molecule has 1 aliphatic rings. The van der Waals surface area contributed by atoms with E-state index in [9.17, 15) is 9.59 Å². The van der Waals surface area contributed by atoms with Gasteiger partial charge in [0.05, 0.1) is 11.4 Å². The SMILES string of the molecule is CCc1onc(C)c1C(=O)N1CC[C@H](N(C)Cc2cc(=O)[nH]c(N(C)C)n2)C1. The molecule has 1 fully saturated rings. The van der Waals surface area contributed by atoms with Crippen molar-refractivity contribution in [2.45, 2.75) is 39.3 Å². The van der Waals surface area contributed by atoms with E-state index >= 15 is 0 Å². The van der Waals surface area contributed by atoms with Gasteiger partial charge in [0.2, 0.25) is 5.95 Å². The summed E-state index contributed by atoms with van der Waals surface area (Å²) in [4.78, 5) is 37.8. The van der Waals surface area contributed by atoms with E-state index < -0.39 is 0 Å². The summed E-state index contributed by atoms with van der Waals surface area (Å²) >= 11 is 0. The number of amides is 1. The number of aryl methyl sites for hydroxylation is 2. The molecule has 28 heavy (non-hydrogen) atoms. The summed E-state index contributed by atoms with van der Waals surface area (Å²) in [6, 6.07) is 1.73. The second kappa shape index (κ2) is 8.14. The third-order valence-electron chi connectivity index (χ3n) is 5.16. The zero-order valence-electron chi connectivity index (χ0n) is 17.2. The number of aromatic nitrogens is 3. The fraction of sp³-hybridized carbons (Fsp3) is 0.579. The molecule has 0 spiro atoms. The molecule has 9 nitrogen and oxygen atoms in total. The summed E-state index contributed by atoms with van der Waals surface area (Å²) in [5, 5.41) is 3.94. The van der Waals surface area contributed by atoms with Crippen molar-refractivity contribution in [2.75, 3.05) is 39.1 Å². The number of aromatic amines is 1. The Hall–Kier alpha value is -2.68. The molecule has 3 rings (SSSR count). The van der Waals surface area contributed by atoms with E-state index in [4.69, 9.17) is 4.52 Å². The van der Waals surface area contributed by atoms with Crippen LogP contribution in [0, 0.1) is 6.92 Å². The highest BCUT2D eigenvalue weighted by molar-refractivity contribution is 5.96.